The van der Waals surface area contributed by atoms with E-state index in [1.165, 1.54) is 6.92 Å². The molecule has 0 radical (unpaired) electrons. The number of hydrogen-bond acceptors (Lipinski definition) is 4. The Morgan fingerprint density at radius 2 is 2.18 bits per heavy atom. The minimum Gasteiger partial charge on any atom is -0.366 e. The molecule has 0 aromatic rings. The molecule has 1 aliphatic heterocycles. The lowest BCUT2D eigenvalue weighted by atomic mass is 10.2. The number of carbonyl (C=O) groups excluding carboxylic acids is 2. The topological polar surface area (TPSA) is 58.6 Å². The second-order valence-electron chi connectivity index (χ2n) is 4.69. The monoisotopic (exact) mass is 242 g/mol. The summed E-state index contributed by atoms with van der Waals surface area (Å²) in [6.07, 6.45) is -0.0232. The standard InChI is InChI=1S/C12H22N2O3/c1-9(2)14-6-7-17-11(8-14)12(16)13-5-4-10(3)15/h9,11H,4-8H2,1-3H3,(H,13,16)/t11-/m0/s1. The third-order valence-corrected chi connectivity index (χ3v) is 2.90. The van der Waals surface area contributed by atoms with Crippen molar-refractivity contribution in [2.24, 2.45) is 0 Å². The molecule has 1 saturated heterocycles. The van der Waals surface area contributed by atoms with Gasteiger partial charge in [-0.25, -0.2) is 0 Å². The van der Waals surface area contributed by atoms with Crippen molar-refractivity contribution >= 4 is 11.7 Å². The van der Waals surface area contributed by atoms with Crippen LogP contribution in [0.1, 0.15) is 27.2 Å². The van der Waals surface area contributed by atoms with Crippen molar-refractivity contribution in [1.29, 1.82) is 0 Å². The van der Waals surface area contributed by atoms with E-state index in [1.54, 1.807) is 0 Å². The first kappa shape index (κ1) is 14.1. The second-order valence-corrected chi connectivity index (χ2v) is 4.69. The van der Waals surface area contributed by atoms with Crippen LogP contribution in [0.15, 0.2) is 0 Å². The molecule has 0 aromatic heterocycles. The lowest BCUT2D eigenvalue weighted by molar-refractivity contribution is -0.139. The summed E-state index contributed by atoms with van der Waals surface area (Å²) in [5, 5.41) is 2.73. The number of rotatable bonds is 5. The van der Waals surface area contributed by atoms with Crippen LogP contribution >= 0.6 is 0 Å². The average molecular weight is 242 g/mol. The maximum absolute atomic E-state index is 11.8. The zero-order valence-electron chi connectivity index (χ0n) is 10.9. The van der Waals surface area contributed by atoms with Crippen molar-refractivity contribution in [1.82, 2.24) is 10.2 Å². The summed E-state index contributed by atoms with van der Waals surface area (Å²) in [6.45, 7) is 8.22. The van der Waals surface area contributed by atoms with Crippen LogP contribution in [0.3, 0.4) is 0 Å². The summed E-state index contributed by atoms with van der Waals surface area (Å²) in [7, 11) is 0. The fourth-order valence-corrected chi connectivity index (χ4v) is 1.77. The van der Waals surface area contributed by atoms with E-state index in [0.717, 1.165) is 6.54 Å². The third kappa shape index (κ3) is 4.83. The summed E-state index contributed by atoms with van der Waals surface area (Å²) in [4.78, 5) is 24.7. The van der Waals surface area contributed by atoms with Crippen LogP contribution in [0.2, 0.25) is 0 Å². The van der Waals surface area contributed by atoms with Crippen molar-refractivity contribution < 1.29 is 14.3 Å². The van der Waals surface area contributed by atoms with Gasteiger partial charge in [-0.2, -0.15) is 0 Å². The third-order valence-electron chi connectivity index (χ3n) is 2.90. The number of amides is 1. The highest BCUT2D eigenvalue weighted by molar-refractivity contribution is 5.82. The molecular weight excluding hydrogens is 220 g/mol. The van der Waals surface area contributed by atoms with Gasteiger partial charge in [0.25, 0.3) is 0 Å². The van der Waals surface area contributed by atoms with Crippen LogP contribution < -0.4 is 5.32 Å². The van der Waals surface area contributed by atoms with Gasteiger partial charge in [0.05, 0.1) is 6.61 Å². The predicted molar refractivity (Wildman–Crippen MR) is 64.8 cm³/mol. The van der Waals surface area contributed by atoms with E-state index >= 15 is 0 Å². The summed E-state index contributed by atoms with van der Waals surface area (Å²) in [5.74, 6) is -0.0322. The zero-order valence-corrected chi connectivity index (χ0v) is 10.9. The number of ketones is 1. The Bertz CT molecular complexity index is 279. The second kappa shape index (κ2) is 6.71. The van der Waals surface area contributed by atoms with E-state index in [4.69, 9.17) is 4.74 Å². The van der Waals surface area contributed by atoms with Crippen molar-refractivity contribution in [3.05, 3.63) is 0 Å². The van der Waals surface area contributed by atoms with Crippen molar-refractivity contribution in [2.75, 3.05) is 26.2 Å². The van der Waals surface area contributed by atoms with Crippen LogP contribution in [-0.2, 0) is 14.3 Å². The van der Waals surface area contributed by atoms with E-state index in [0.29, 0.717) is 32.2 Å². The van der Waals surface area contributed by atoms with Gasteiger partial charge in [-0.1, -0.05) is 0 Å². The zero-order chi connectivity index (χ0) is 12.8. The van der Waals surface area contributed by atoms with Crippen molar-refractivity contribution in [3.63, 3.8) is 0 Å². The molecule has 1 aliphatic rings. The van der Waals surface area contributed by atoms with E-state index in [-0.39, 0.29) is 11.7 Å². The van der Waals surface area contributed by atoms with Crippen LogP contribution in [0.25, 0.3) is 0 Å². The highest BCUT2D eigenvalue weighted by atomic mass is 16.5. The highest BCUT2D eigenvalue weighted by Gasteiger charge is 2.27. The first-order valence-electron chi connectivity index (χ1n) is 6.13. The smallest absolute Gasteiger partial charge is 0.250 e. The maximum Gasteiger partial charge on any atom is 0.250 e. The largest absolute Gasteiger partial charge is 0.366 e. The molecule has 0 bridgehead atoms. The molecule has 1 atom stereocenters. The normalized spacial score (nSPS) is 21.5. The van der Waals surface area contributed by atoms with Crippen molar-refractivity contribution in [2.45, 2.75) is 39.3 Å². The quantitative estimate of drug-likeness (QED) is 0.748. The number of nitrogens with one attached hydrogen (secondary N) is 1. The Labute approximate surface area is 102 Å². The molecule has 0 unspecified atom stereocenters. The van der Waals surface area contributed by atoms with Crippen molar-refractivity contribution in [3.8, 4) is 0 Å². The Hall–Kier alpha value is -0.940. The number of nitrogens with zero attached hydrogens (tertiary/aromatic N) is 1. The molecule has 5 heteroatoms. The molecule has 1 rings (SSSR count). The number of ether oxygens (including phenoxy) is 1. The Morgan fingerprint density at radius 3 is 2.76 bits per heavy atom. The Morgan fingerprint density at radius 1 is 1.47 bits per heavy atom. The van der Waals surface area contributed by atoms with Gasteiger partial charge in [0.2, 0.25) is 5.91 Å². The molecule has 1 N–H and O–H groups in total. The van der Waals surface area contributed by atoms with Gasteiger partial charge in [-0.3, -0.25) is 14.5 Å². The molecule has 17 heavy (non-hydrogen) atoms. The molecular formula is C12H22N2O3. The van der Waals surface area contributed by atoms with Gasteiger partial charge >= 0.3 is 0 Å². The number of morpholine rings is 1. The summed E-state index contributed by atoms with van der Waals surface area (Å²) >= 11 is 0. The summed E-state index contributed by atoms with van der Waals surface area (Å²) in [6, 6.07) is 0.423. The van der Waals surface area contributed by atoms with Gasteiger partial charge in [-0.15, -0.1) is 0 Å². The molecule has 1 amide bonds. The van der Waals surface area contributed by atoms with E-state index < -0.39 is 6.10 Å². The minimum atomic E-state index is -0.405. The Kier molecular flexibility index (Phi) is 5.58. The molecule has 98 valence electrons. The first-order valence-corrected chi connectivity index (χ1v) is 6.13. The lowest BCUT2D eigenvalue weighted by Crippen LogP contribution is -2.51. The number of hydrogen-bond donors (Lipinski definition) is 1. The molecule has 1 fully saturated rings. The SMILES string of the molecule is CC(=O)CCNC(=O)[C@@H]1CN(C(C)C)CCO1. The molecule has 0 aromatic carbocycles. The number of Topliss-reactive ketones (excluding diaryl/α,β-unsaturated/α-hetero) is 1. The fraction of sp³-hybridized carbons (Fsp3) is 0.833. The van der Waals surface area contributed by atoms with Gasteiger partial charge in [0.1, 0.15) is 11.9 Å². The fourth-order valence-electron chi connectivity index (χ4n) is 1.77. The van der Waals surface area contributed by atoms with Crippen LogP contribution in [0.4, 0.5) is 0 Å². The molecule has 0 aliphatic carbocycles. The van der Waals surface area contributed by atoms with Gasteiger partial charge < -0.3 is 10.1 Å². The van der Waals surface area contributed by atoms with Gasteiger partial charge in [0.15, 0.2) is 0 Å². The summed E-state index contributed by atoms with van der Waals surface area (Å²) < 4.78 is 5.44. The van der Waals surface area contributed by atoms with Gasteiger partial charge in [0, 0.05) is 32.1 Å². The molecule has 5 nitrogen and oxygen atoms in total. The van der Waals surface area contributed by atoms with Crippen LogP contribution in [-0.4, -0.2) is 55.0 Å². The van der Waals surface area contributed by atoms with Crippen LogP contribution in [0, 0.1) is 0 Å². The molecule has 0 spiro atoms. The van der Waals surface area contributed by atoms with Gasteiger partial charge in [-0.05, 0) is 20.8 Å². The van der Waals surface area contributed by atoms with Crippen LogP contribution in [0.5, 0.6) is 0 Å². The molecule has 0 saturated carbocycles. The highest BCUT2D eigenvalue weighted by Crippen LogP contribution is 2.08. The summed E-state index contributed by atoms with van der Waals surface area (Å²) in [5.41, 5.74) is 0. The Balaban J connectivity index is 2.33. The first-order chi connectivity index (χ1) is 8.00. The van der Waals surface area contributed by atoms with E-state index in [1.807, 2.05) is 0 Å². The lowest BCUT2D eigenvalue weighted by Gasteiger charge is -2.34. The minimum absolute atomic E-state index is 0.0821. The van der Waals surface area contributed by atoms with E-state index in [9.17, 15) is 9.59 Å². The maximum atomic E-state index is 11.8. The molecule has 1 heterocycles. The van der Waals surface area contributed by atoms with E-state index in [2.05, 4.69) is 24.1 Å². The predicted octanol–water partition coefficient (Wildman–Crippen LogP) is 0.191. The average Bonchev–Trinajstić information content (AvgIpc) is 2.28. The number of carbonyl (C=O) groups is 2.